The Hall–Kier alpha value is -2.09. The number of carbonyl (C=O) groups is 1. The van der Waals surface area contributed by atoms with Crippen molar-refractivity contribution in [2.45, 2.75) is 18.7 Å². The second-order valence-electron chi connectivity index (χ2n) is 4.32. The minimum Gasteiger partial charge on any atom is -0.463 e. The molecule has 1 atom stereocenters. The van der Waals surface area contributed by atoms with Crippen molar-refractivity contribution in [1.82, 2.24) is 4.98 Å². The number of esters is 1. The smallest absolute Gasteiger partial charge is 0.432 e. The predicted octanol–water partition coefficient (Wildman–Crippen LogP) is 2.62. The molecule has 0 bridgehead atoms. The van der Waals surface area contributed by atoms with Crippen LogP contribution in [0.4, 0.5) is 17.6 Å². The number of H-pyrrole nitrogens is 1. The van der Waals surface area contributed by atoms with Crippen molar-refractivity contribution in [3.8, 4) is 0 Å². The van der Waals surface area contributed by atoms with Gasteiger partial charge in [-0.05, 0) is 25.1 Å². The number of carbonyl (C=O) groups excluding carboxylic acids is 1. The molecule has 1 heterocycles. The van der Waals surface area contributed by atoms with Crippen LogP contribution in [0.3, 0.4) is 0 Å². The van der Waals surface area contributed by atoms with Gasteiger partial charge >= 0.3 is 12.1 Å². The summed E-state index contributed by atoms with van der Waals surface area (Å²) in [5.74, 6) is -2.65. The van der Waals surface area contributed by atoms with Crippen molar-refractivity contribution in [1.29, 1.82) is 0 Å². The zero-order chi connectivity index (χ0) is 15.8. The zero-order valence-electron chi connectivity index (χ0n) is 10.8. The molecule has 0 aliphatic heterocycles. The van der Waals surface area contributed by atoms with E-state index in [-0.39, 0.29) is 17.5 Å². The Balaban J connectivity index is 2.70. The van der Waals surface area contributed by atoms with Gasteiger partial charge in [-0.1, -0.05) is 0 Å². The average molecular weight is 305 g/mol. The van der Waals surface area contributed by atoms with Crippen LogP contribution in [-0.4, -0.2) is 28.8 Å². The summed E-state index contributed by atoms with van der Waals surface area (Å²) in [6, 6.07) is 3.05. The number of alkyl halides is 3. The maximum Gasteiger partial charge on any atom is 0.432 e. The van der Waals surface area contributed by atoms with Gasteiger partial charge in [0.1, 0.15) is 5.82 Å². The molecule has 0 spiro atoms. The number of nitrogens with one attached hydrogen (secondary N) is 1. The molecule has 1 aromatic heterocycles. The molecule has 8 heteroatoms. The number of ether oxygens (including phenoxy) is 1. The SMILES string of the molecule is CCOC(=O)C(O)(c1c[nH]c2ccc(F)cc12)C(F)(F)F. The Morgan fingerprint density at radius 3 is 2.62 bits per heavy atom. The number of aromatic amines is 1. The van der Waals surface area contributed by atoms with E-state index in [1.54, 1.807) is 0 Å². The topological polar surface area (TPSA) is 62.3 Å². The van der Waals surface area contributed by atoms with Gasteiger partial charge in [0.15, 0.2) is 0 Å². The maximum absolute atomic E-state index is 13.2. The Labute approximate surface area is 116 Å². The Kier molecular flexibility index (Phi) is 3.66. The van der Waals surface area contributed by atoms with Gasteiger partial charge < -0.3 is 14.8 Å². The summed E-state index contributed by atoms with van der Waals surface area (Å²) in [4.78, 5) is 14.1. The summed E-state index contributed by atoms with van der Waals surface area (Å²) < 4.78 is 57.2. The van der Waals surface area contributed by atoms with E-state index in [1.165, 1.54) is 13.0 Å². The predicted molar refractivity (Wildman–Crippen MR) is 64.8 cm³/mol. The normalized spacial score (nSPS) is 15.0. The number of aliphatic hydroxyl groups is 1. The largest absolute Gasteiger partial charge is 0.463 e. The second-order valence-corrected chi connectivity index (χ2v) is 4.32. The Bertz CT molecular complexity index is 680. The first kappa shape index (κ1) is 15.3. The first-order valence-electron chi connectivity index (χ1n) is 5.95. The van der Waals surface area contributed by atoms with Crippen molar-refractivity contribution in [3.63, 3.8) is 0 Å². The third-order valence-corrected chi connectivity index (χ3v) is 3.01. The lowest BCUT2D eigenvalue weighted by Crippen LogP contribution is -2.50. The van der Waals surface area contributed by atoms with E-state index in [9.17, 15) is 27.5 Å². The number of hydrogen-bond acceptors (Lipinski definition) is 3. The van der Waals surface area contributed by atoms with Gasteiger partial charge in [-0.15, -0.1) is 0 Å². The molecule has 0 amide bonds. The van der Waals surface area contributed by atoms with Gasteiger partial charge in [0.2, 0.25) is 0 Å². The fraction of sp³-hybridized carbons (Fsp3) is 0.308. The van der Waals surface area contributed by atoms with Gasteiger partial charge in [0, 0.05) is 22.7 Å². The van der Waals surface area contributed by atoms with E-state index in [4.69, 9.17) is 0 Å². The van der Waals surface area contributed by atoms with Crippen LogP contribution in [0.5, 0.6) is 0 Å². The van der Waals surface area contributed by atoms with Crippen molar-refractivity contribution >= 4 is 16.9 Å². The summed E-state index contributed by atoms with van der Waals surface area (Å²) in [6.45, 7) is 0.970. The number of benzene rings is 1. The monoisotopic (exact) mass is 305 g/mol. The molecule has 2 N–H and O–H groups in total. The van der Waals surface area contributed by atoms with Crippen LogP contribution in [0.25, 0.3) is 10.9 Å². The first-order chi connectivity index (χ1) is 9.71. The quantitative estimate of drug-likeness (QED) is 0.677. The van der Waals surface area contributed by atoms with Crippen molar-refractivity contribution in [2.75, 3.05) is 6.61 Å². The minimum atomic E-state index is -5.32. The van der Waals surface area contributed by atoms with Gasteiger partial charge in [-0.25, -0.2) is 9.18 Å². The summed E-state index contributed by atoms with van der Waals surface area (Å²) in [5, 5.41) is 9.71. The second kappa shape index (κ2) is 5.03. The van der Waals surface area contributed by atoms with E-state index in [0.717, 1.165) is 18.3 Å². The highest BCUT2D eigenvalue weighted by molar-refractivity contribution is 5.92. The fourth-order valence-electron chi connectivity index (χ4n) is 2.01. The standard InChI is InChI=1S/C13H11F4NO3/c1-2-21-11(19)12(20,13(15,16)17)9-6-18-10-4-3-7(14)5-8(9)10/h3-6,18,20H,2H2,1H3. The molecule has 114 valence electrons. The van der Waals surface area contributed by atoms with Crippen molar-refractivity contribution in [2.24, 2.45) is 0 Å². The fourth-order valence-corrected chi connectivity index (χ4v) is 2.01. The molecule has 1 unspecified atom stereocenters. The van der Waals surface area contributed by atoms with Crippen LogP contribution < -0.4 is 0 Å². The molecule has 4 nitrogen and oxygen atoms in total. The van der Waals surface area contributed by atoms with Crippen molar-refractivity contribution in [3.05, 3.63) is 35.8 Å². The highest BCUT2D eigenvalue weighted by Crippen LogP contribution is 2.42. The number of hydrogen-bond donors (Lipinski definition) is 2. The van der Waals surface area contributed by atoms with Gasteiger partial charge in [-0.2, -0.15) is 13.2 Å². The Morgan fingerprint density at radius 1 is 1.38 bits per heavy atom. The number of halogens is 4. The third kappa shape index (κ3) is 2.35. The van der Waals surface area contributed by atoms with Crippen LogP contribution >= 0.6 is 0 Å². The summed E-state index contributed by atoms with van der Waals surface area (Å²) in [7, 11) is 0. The molecule has 0 saturated carbocycles. The summed E-state index contributed by atoms with van der Waals surface area (Å²) >= 11 is 0. The highest BCUT2D eigenvalue weighted by atomic mass is 19.4. The minimum absolute atomic E-state index is 0.151. The molecular formula is C13H11F4NO3. The van der Waals surface area contributed by atoms with Crippen LogP contribution in [0.2, 0.25) is 0 Å². The molecule has 0 aliphatic rings. The summed E-state index contributed by atoms with van der Waals surface area (Å²) in [6.07, 6.45) is -4.50. The maximum atomic E-state index is 13.2. The Morgan fingerprint density at radius 2 is 2.05 bits per heavy atom. The van der Waals surface area contributed by atoms with Crippen LogP contribution in [-0.2, 0) is 15.1 Å². The lowest BCUT2D eigenvalue weighted by Gasteiger charge is -2.27. The molecule has 0 radical (unpaired) electrons. The van der Waals surface area contributed by atoms with Gasteiger partial charge in [0.25, 0.3) is 5.60 Å². The van der Waals surface area contributed by atoms with Crippen molar-refractivity contribution < 1.29 is 32.2 Å². The molecule has 0 aliphatic carbocycles. The highest BCUT2D eigenvalue weighted by Gasteiger charge is 2.63. The van der Waals surface area contributed by atoms with Gasteiger partial charge in [0.05, 0.1) is 6.61 Å². The molecule has 0 saturated heterocycles. The number of fused-ring (bicyclic) bond motifs is 1. The van der Waals surface area contributed by atoms with E-state index in [2.05, 4.69) is 9.72 Å². The molecular weight excluding hydrogens is 294 g/mol. The first-order valence-corrected chi connectivity index (χ1v) is 5.95. The van der Waals surface area contributed by atoms with E-state index < -0.39 is 29.1 Å². The van der Waals surface area contributed by atoms with Crippen LogP contribution in [0.1, 0.15) is 12.5 Å². The van der Waals surface area contributed by atoms with Crippen LogP contribution in [0.15, 0.2) is 24.4 Å². The third-order valence-electron chi connectivity index (χ3n) is 3.01. The zero-order valence-corrected chi connectivity index (χ0v) is 10.8. The molecule has 2 rings (SSSR count). The molecule has 21 heavy (non-hydrogen) atoms. The molecule has 1 aromatic carbocycles. The lowest BCUT2D eigenvalue weighted by molar-refractivity contribution is -0.267. The van der Waals surface area contributed by atoms with E-state index in [0.29, 0.717) is 0 Å². The molecule has 0 fully saturated rings. The van der Waals surface area contributed by atoms with E-state index >= 15 is 0 Å². The van der Waals surface area contributed by atoms with E-state index in [1.807, 2.05) is 0 Å². The van der Waals surface area contributed by atoms with Crippen LogP contribution in [0, 0.1) is 5.82 Å². The van der Waals surface area contributed by atoms with Gasteiger partial charge in [-0.3, -0.25) is 0 Å². The average Bonchev–Trinajstić information content (AvgIpc) is 2.79. The molecule has 2 aromatic rings. The summed E-state index contributed by atoms with van der Waals surface area (Å²) in [5.41, 5.74) is -4.52. The lowest BCUT2D eigenvalue weighted by atomic mass is 9.92. The number of aromatic nitrogens is 1. The number of rotatable bonds is 3.